The van der Waals surface area contributed by atoms with E-state index in [1.807, 2.05) is 30.3 Å². The van der Waals surface area contributed by atoms with E-state index in [4.69, 9.17) is 5.73 Å². The molecule has 0 bridgehead atoms. The van der Waals surface area contributed by atoms with Crippen LogP contribution in [0, 0.1) is 0 Å². The predicted octanol–water partition coefficient (Wildman–Crippen LogP) is 3.73. The molecule has 3 N–H and O–H groups in total. The molecule has 0 saturated heterocycles. The minimum Gasteiger partial charge on any atom is -0.368 e. The summed E-state index contributed by atoms with van der Waals surface area (Å²) in [6.07, 6.45) is -3.52. The molecule has 0 fully saturated rings. The Morgan fingerprint density at radius 3 is 2.52 bits per heavy atom. The van der Waals surface area contributed by atoms with Crippen LogP contribution in [0.2, 0.25) is 0 Å². The quantitative estimate of drug-likeness (QED) is 0.630. The summed E-state index contributed by atoms with van der Waals surface area (Å²) in [7, 11) is 0. The Labute approximate surface area is 165 Å². The zero-order chi connectivity index (χ0) is 20.9. The highest BCUT2D eigenvalue weighted by Gasteiger charge is 2.32. The molecule has 0 atom stereocenters. The lowest BCUT2D eigenvalue weighted by Crippen LogP contribution is -2.33. The summed E-state index contributed by atoms with van der Waals surface area (Å²) in [5.74, 6) is -0.679. The van der Waals surface area contributed by atoms with Crippen LogP contribution in [-0.2, 0) is 17.5 Å². The second-order valence-corrected chi connectivity index (χ2v) is 6.25. The number of carbonyl (C=O) groups excluding carboxylic acids is 1. The Morgan fingerprint density at radius 2 is 1.83 bits per heavy atom. The highest BCUT2D eigenvalue weighted by atomic mass is 19.4. The molecule has 6 nitrogen and oxygen atoms in total. The van der Waals surface area contributed by atoms with Crippen LogP contribution in [0.1, 0.15) is 11.3 Å². The van der Waals surface area contributed by atoms with E-state index in [1.54, 1.807) is 29.2 Å². The molecule has 1 heterocycles. The number of amides is 1. The summed E-state index contributed by atoms with van der Waals surface area (Å²) < 4.78 is 38.5. The third kappa shape index (κ3) is 5.68. The number of anilines is 3. The molecule has 29 heavy (non-hydrogen) atoms. The molecule has 0 unspecified atom stereocenters. The third-order valence-corrected chi connectivity index (χ3v) is 3.98. The topological polar surface area (TPSA) is 84.1 Å². The number of rotatable bonds is 7. The summed E-state index contributed by atoms with van der Waals surface area (Å²) >= 11 is 0. The molecule has 1 aromatic heterocycles. The van der Waals surface area contributed by atoms with Gasteiger partial charge in [-0.25, -0.2) is 9.97 Å². The number of alkyl halides is 3. The van der Waals surface area contributed by atoms with Gasteiger partial charge in [0.05, 0.1) is 6.54 Å². The van der Waals surface area contributed by atoms with E-state index in [-0.39, 0.29) is 12.5 Å². The molecule has 0 aliphatic carbocycles. The highest BCUT2D eigenvalue weighted by Crippen LogP contribution is 2.28. The summed E-state index contributed by atoms with van der Waals surface area (Å²) in [5.41, 5.74) is 6.47. The Hall–Kier alpha value is -3.62. The number of halogens is 3. The molecule has 0 saturated carbocycles. The lowest BCUT2D eigenvalue weighted by Gasteiger charge is -2.24. The minimum atomic E-state index is -4.56. The summed E-state index contributed by atoms with van der Waals surface area (Å²) in [5, 5.41) is 2.76. The second-order valence-electron chi connectivity index (χ2n) is 6.25. The van der Waals surface area contributed by atoms with Crippen molar-refractivity contribution in [1.29, 1.82) is 0 Å². The van der Waals surface area contributed by atoms with Gasteiger partial charge in [0, 0.05) is 24.1 Å². The first-order chi connectivity index (χ1) is 13.8. The number of primary amides is 1. The van der Waals surface area contributed by atoms with Gasteiger partial charge < -0.3 is 16.0 Å². The van der Waals surface area contributed by atoms with Crippen LogP contribution in [0.25, 0.3) is 0 Å². The number of nitrogens with two attached hydrogens (primary N) is 1. The van der Waals surface area contributed by atoms with Crippen LogP contribution in [0.15, 0.2) is 66.9 Å². The maximum Gasteiger partial charge on any atom is 0.433 e. The van der Waals surface area contributed by atoms with Gasteiger partial charge in [0.1, 0.15) is 5.69 Å². The van der Waals surface area contributed by atoms with E-state index < -0.39 is 17.8 Å². The molecule has 150 valence electrons. The number of hydrogen-bond acceptors (Lipinski definition) is 5. The van der Waals surface area contributed by atoms with Gasteiger partial charge in [0.2, 0.25) is 11.9 Å². The van der Waals surface area contributed by atoms with Gasteiger partial charge in [-0.3, -0.25) is 4.79 Å². The number of nitrogens with one attached hydrogen (secondary N) is 1. The average Bonchev–Trinajstić information content (AvgIpc) is 2.68. The van der Waals surface area contributed by atoms with Crippen molar-refractivity contribution in [3.05, 3.63) is 78.1 Å². The van der Waals surface area contributed by atoms with E-state index in [2.05, 4.69) is 15.3 Å². The number of nitrogens with zero attached hydrogens (tertiary/aromatic N) is 3. The van der Waals surface area contributed by atoms with Gasteiger partial charge in [0.25, 0.3) is 0 Å². The Kier molecular flexibility index (Phi) is 5.96. The van der Waals surface area contributed by atoms with Crippen molar-refractivity contribution in [2.24, 2.45) is 5.73 Å². The predicted molar refractivity (Wildman–Crippen MR) is 103 cm³/mol. The van der Waals surface area contributed by atoms with Crippen molar-refractivity contribution < 1.29 is 18.0 Å². The monoisotopic (exact) mass is 401 g/mol. The van der Waals surface area contributed by atoms with E-state index in [9.17, 15) is 18.0 Å². The number of aromatic nitrogens is 2. The van der Waals surface area contributed by atoms with Crippen LogP contribution in [0.3, 0.4) is 0 Å². The van der Waals surface area contributed by atoms with Crippen LogP contribution in [0.4, 0.5) is 30.5 Å². The van der Waals surface area contributed by atoms with Crippen LogP contribution in [-0.4, -0.2) is 22.4 Å². The first-order valence-corrected chi connectivity index (χ1v) is 8.66. The Balaban J connectivity index is 1.84. The first kappa shape index (κ1) is 20.1. The first-order valence-electron chi connectivity index (χ1n) is 8.66. The summed E-state index contributed by atoms with van der Waals surface area (Å²) in [6, 6.07) is 17.2. The Bertz CT molecular complexity index is 979. The number of carbonyl (C=O) groups is 1. The Morgan fingerprint density at radius 1 is 1.07 bits per heavy atom. The standard InChI is InChI=1S/C20H18F3N5O/c21-20(22,23)17-9-10-25-19(27-17)26-15-7-4-8-16(11-15)28(13-18(24)29)12-14-5-2-1-3-6-14/h1-11H,12-13H2,(H2,24,29)(H,25,26,27). The lowest BCUT2D eigenvalue weighted by molar-refractivity contribution is -0.141. The van der Waals surface area contributed by atoms with Gasteiger partial charge in [-0.1, -0.05) is 36.4 Å². The van der Waals surface area contributed by atoms with Gasteiger partial charge >= 0.3 is 6.18 Å². The SMILES string of the molecule is NC(=O)CN(Cc1ccccc1)c1cccc(Nc2nccc(C(F)(F)F)n2)c1. The maximum atomic E-state index is 12.8. The second kappa shape index (κ2) is 8.59. The van der Waals surface area contributed by atoms with Crippen LogP contribution in [0.5, 0.6) is 0 Å². The lowest BCUT2D eigenvalue weighted by atomic mass is 10.2. The van der Waals surface area contributed by atoms with E-state index in [1.165, 1.54) is 0 Å². The molecule has 0 aliphatic heterocycles. The third-order valence-electron chi connectivity index (χ3n) is 3.98. The van der Waals surface area contributed by atoms with E-state index >= 15 is 0 Å². The fraction of sp³-hybridized carbons (Fsp3) is 0.150. The molecular formula is C20H18F3N5O. The molecule has 9 heteroatoms. The van der Waals surface area contributed by atoms with Gasteiger partial charge in [0.15, 0.2) is 0 Å². The van der Waals surface area contributed by atoms with E-state index in [0.717, 1.165) is 17.8 Å². The molecule has 0 aliphatic rings. The van der Waals surface area contributed by atoms with Crippen molar-refractivity contribution in [2.75, 3.05) is 16.8 Å². The smallest absolute Gasteiger partial charge is 0.368 e. The molecule has 0 radical (unpaired) electrons. The van der Waals surface area contributed by atoms with Crippen molar-refractivity contribution >= 4 is 23.2 Å². The average molecular weight is 401 g/mol. The zero-order valence-corrected chi connectivity index (χ0v) is 15.2. The van der Waals surface area contributed by atoms with Crippen molar-refractivity contribution in [3.8, 4) is 0 Å². The molecule has 1 amide bonds. The molecule has 0 spiro atoms. The van der Waals surface area contributed by atoms with Crippen molar-refractivity contribution in [2.45, 2.75) is 12.7 Å². The van der Waals surface area contributed by atoms with Gasteiger partial charge in [-0.15, -0.1) is 0 Å². The fourth-order valence-corrected chi connectivity index (χ4v) is 2.72. The molecule has 2 aromatic carbocycles. The number of benzene rings is 2. The van der Waals surface area contributed by atoms with Gasteiger partial charge in [-0.2, -0.15) is 13.2 Å². The normalized spacial score (nSPS) is 11.1. The minimum absolute atomic E-state index is 0.0155. The van der Waals surface area contributed by atoms with Crippen LogP contribution < -0.4 is 16.0 Å². The summed E-state index contributed by atoms with van der Waals surface area (Å²) in [4.78, 5) is 20.6. The number of hydrogen-bond donors (Lipinski definition) is 2. The molecular weight excluding hydrogens is 383 g/mol. The van der Waals surface area contributed by atoms with E-state index in [0.29, 0.717) is 17.9 Å². The van der Waals surface area contributed by atoms with Crippen molar-refractivity contribution in [1.82, 2.24) is 9.97 Å². The van der Waals surface area contributed by atoms with Gasteiger partial charge in [-0.05, 0) is 29.8 Å². The highest BCUT2D eigenvalue weighted by molar-refractivity contribution is 5.80. The molecule has 3 rings (SSSR count). The summed E-state index contributed by atoms with van der Waals surface area (Å²) in [6.45, 7) is 0.422. The maximum absolute atomic E-state index is 12.8. The molecule has 3 aromatic rings. The largest absolute Gasteiger partial charge is 0.433 e. The zero-order valence-electron chi connectivity index (χ0n) is 15.2. The fourth-order valence-electron chi connectivity index (χ4n) is 2.72. The van der Waals surface area contributed by atoms with Crippen LogP contribution >= 0.6 is 0 Å². The van der Waals surface area contributed by atoms with Crippen molar-refractivity contribution in [3.63, 3.8) is 0 Å².